The highest BCUT2D eigenvalue weighted by atomic mass is 35.5. The summed E-state index contributed by atoms with van der Waals surface area (Å²) in [5.41, 5.74) is 1.88. The Labute approximate surface area is 249 Å². The van der Waals surface area contributed by atoms with Crippen molar-refractivity contribution in [2.24, 2.45) is 0 Å². The summed E-state index contributed by atoms with van der Waals surface area (Å²) in [6.45, 7) is 0.0869. The fraction of sp³-hybridized carbons (Fsp3) is 0.129. The van der Waals surface area contributed by atoms with Crippen LogP contribution in [0.25, 0.3) is 11.1 Å². The second-order valence-electron chi connectivity index (χ2n) is 9.15. The number of halogens is 5. The van der Waals surface area contributed by atoms with Gasteiger partial charge in [-0.1, -0.05) is 78.3 Å². The monoisotopic (exact) mass is 613 g/mol. The fourth-order valence-corrected chi connectivity index (χ4v) is 4.50. The summed E-state index contributed by atoms with van der Waals surface area (Å²) >= 11 is 12.0. The second kappa shape index (κ2) is 13.5. The van der Waals surface area contributed by atoms with E-state index in [1.807, 2.05) is 0 Å². The molecule has 0 aliphatic carbocycles. The van der Waals surface area contributed by atoms with Gasteiger partial charge < -0.3 is 16.0 Å². The first-order chi connectivity index (χ1) is 20.1. The normalized spacial score (nSPS) is 11.8. The van der Waals surface area contributed by atoms with Gasteiger partial charge >= 0.3 is 6.18 Å². The Morgan fingerprint density at radius 3 is 2.14 bits per heavy atom. The highest BCUT2D eigenvalue weighted by Gasteiger charge is 2.30. The minimum Gasteiger partial charge on any atom is -0.350 e. The molecule has 0 saturated carbocycles. The molecule has 4 aromatic carbocycles. The molecule has 3 amide bonds. The quantitative estimate of drug-likeness (QED) is 0.178. The van der Waals surface area contributed by atoms with Gasteiger partial charge in [0.05, 0.1) is 16.3 Å². The standard InChI is InChI=1S/C31H24Cl2F3N3O3/c32-17-27(40)39-28(21-6-2-1-3-7-21)30(42)37-18-19-10-15-26(25(33)16-19)38-29(41)24-9-5-4-8-23(24)20-11-13-22(14-12-20)31(34,35)36/h1-16,28H,17-18H2,(H,37,42)(H,38,41)(H,39,40)/t28-/m0/s1. The number of carbonyl (C=O) groups excluding carboxylic acids is 3. The number of hydrogen-bond donors (Lipinski definition) is 3. The summed E-state index contributed by atoms with van der Waals surface area (Å²) in [5, 5.41) is 8.30. The van der Waals surface area contributed by atoms with E-state index in [1.165, 1.54) is 12.1 Å². The van der Waals surface area contributed by atoms with Crippen molar-refractivity contribution in [1.82, 2.24) is 10.6 Å². The molecule has 6 nitrogen and oxygen atoms in total. The minimum absolute atomic E-state index is 0.0869. The molecule has 0 spiro atoms. The Morgan fingerprint density at radius 2 is 1.50 bits per heavy atom. The number of anilines is 1. The van der Waals surface area contributed by atoms with E-state index in [1.54, 1.807) is 72.8 Å². The van der Waals surface area contributed by atoms with E-state index in [9.17, 15) is 27.6 Å². The molecule has 1 atom stereocenters. The van der Waals surface area contributed by atoms with Crippen LogP contribution in [0.5, 0.6) is 0 Å². The summed E-state index contributed by atoms with van der Waals surface area (Å²) in [6.07, 6.45) is -4.47. The minimum atomic E-state index is -4.47. The highest BCUT2D eigenvalue weighted by molar-refractivity contribution is 6.34. The van der Waals surface area contributed by atoms with E-state index in [0.29, 0.717) is 27.9 Å². The largest absolute Gasteiger partial charge is 0.416 e. The number of nitrogens with one attached hydrogen (secondary N) is 3. The van der Waals surface area contributed by atoms with Crippen LogP contribution >= 0.6 is 23.2 Å². The Hall–Kier alpha value is -4.34. The molecular formula is C31H24Cl2F3N3O3. The van der Waals surface area contributed by atoms with Crippen LogP contribution in [0.2, 0.25) is 5.02 Å². The average molecular weight is 614 g/mol. The van der Waals surface area contributed by atoms with Gasteiger partial charge in [-0.05, 0) is 52.6 Å². The van der Waals surface area contributed by atoms with Crippen LogP contribution in [0.4, 0.5) is 18.9 Å². The van der Waals surface area contributed by atoms with E-state index < -0.39 is 35.5 Å². The zero-order valence-electron chi connectivity index (χ0n) is 21.8. The van der Waals surface area contributed by atoms with E-state index in [-0.39, 0.29) is 23.0 Å². The lowest BCUT2D eigenvalue weighted by atomic mass is 9.98. The van der Waals surface area contributed by atoms with E-state index >= 15 is 0 Å². The third-order valence-electron chi connectivity index (χ3n) is 6.27. The van der Waals surface area contributed by atoms with Gasteiger partial charge in [-0.15, -0.1) is 11.6 Å². The van der Waals surface area contributed by atoms with Crippen LogP contribution < -0.4 is 16.0 Å². The van der Waals surface area contributed by atoms with Crippen molar-refractivity contribution in [2.75, 3.05) is 11.2 Å². The van der Waals surface area contributed by atoms with Crippen molar-refractivity contribution in [3.63, 3.8) is 0 Å². The molecule has 0 saturated heterocycles. The van der Waals surface area contributed by atoms with Crippen LogP contribution in [-0.4, -0.2) is 23.6 Å². The highest BCUT2D eigenvalue weighted by Crippen LogP contribution is 2.32. The third kappa shape index (κ3) is 7.69. The lowest BCUT2D eigenvalue weighted by Gasteiger charge is -2.18. The Balaban J connectivity index is 1.45. The number of carbonyl (C=O) groups is 3. The maximum absolute atomic E-state index is 13.2. The van der Waals surface area contributed by atoms with Crippen molar-refractivity contribution in [3.8, 4) is 11.1 Å². The van der Waals surface area contributed by atoms with Crippen molar-refractivity contribution in [1.29, 1.82) is 0 Å². The van der Waals surface area contributed by atoms with Crippen molar-refractivity contribution >= 4 is 46.6 Å². The molecule has 0 bridgehead atoms. The van der Waals surface area contributed by atoms with E-state index in [2.05, 4.69) is 16.0 Å². The van der Waals surface area contributed by atoms with Gasteiger partial charge in [-0.3, -0.25) is 14.4 Å². The molecule has 0 aromatic heterocycles. The topological polar surface area (TPSA) is 87.3 Å². The number of rotatable bonds is 9. The van der Waals surface area contributed by atoms with Crippen LogP contribution in [0.3, 0.4) is 0 Å². The van der Waals surface area contributed by atoms with Crippen molar-refractivity contribution in [3.05, 3.63) is 124 Å². The van der Waals surface area contributed by atoms with Gasteiger partial charge in [0.1, 0.15) is 11.9 Å². The number of hydrogen-bond acceptors (Lipinski definition) is 3. The Kier molecular flexibility index (Phi) is 9.88. The molecule has 0 unspecified atom stereocenters. The van der Waals surface area contributed by atoms with Crippen LogP contribution in [0, 0.1) is 0 Å². The van der Waals surface area contributed by atoms with Gasteiger partial charge in [0.25, 0.3) is 5.91 Å². The Morgan fingerprint density at radius 1 is 0.833 bits per heavy atom. The Bertz CT molecular complexity index is 1580. The predicted molar refractivity (Wildman–Crippen MR) is 156 cm³/mol. The number of alkyl halides is 4. The summed E-state index contributed by atoms with van der Waals surface area (Å²) in [6, 6.07) is 23.7. The fourth-order valence-electron chi connectivity index (χ4n) is 4.17. The molecule has 3 N–H and O–H groups in total. The maximum Gasteiger partial charge on any atom is 0.416 e. The van der Waals surface area contributed by atoms with Crippen molar-refractivity contribution < 1.29 is 27.6 Å². The molecule has 4 aromatic rings. The molecule has 0 heterocycles. The molecule has 0 radical (unpaired) electrons. The molecule has 216 valence electrons. The summed E-state index contributed by atoms with van der Waals surface area (Å²) in [4.78, 5) is 38.0. The lowest BCUT2D eigenvalue weighted by molar-refractivity contribution is -0.137. The first-order valence-corrected chi connectivity index (χ1v) is 13.5. The van der Waals surface area contributed by atoms with Gasteiger partial charge in [0, 0.05) is 12.1 Å². The van der Waals surface area contributed by atoms with Gasteiger partial charge in [0.15, 0.2) is 0 Å². The molecule has 0 fully saturated rings. The molecular weight excluding hydrogens is 590 g/mol. The van der Waals surface area contributed by atoms with E-state index in [4.69, 9.17) is 23.2 Å². The van der Waals surface area contributed by atoms with E-state index in [0.717, 1.165) is 12.1 Å². The third-order valence-corrected chi connectivity index (χ3v) is 6.82. The van der Waals surface area contributed by atoms with Gasteiger partial charge in [0.2, 0.25) is 11.8 Å². The zero-order chi connectivity index (χ0) is 30.3. The van der Waals surface area contributed by atoms with Gasteiger partial charge in [-0.2, -0.15) is 13.2 Å². The van der Waals surface area contributed by atoms with Crippen LogP contribution in [-0.2, 0) is 22.3 Å². The average Bonchev–Trinajstić information content (AvgIpc) is 2.99. The summed E-state index contributed by atoms with van der Waals surface area (Å²) in [7, 11) is 0. The maximum atomic E-state index is 13.2. The molecule has 0 aliphatic heterocycles. The molecule has 4 rings (SSSR count). The summed E-state index contributed by atoms with van der Waals surface area (Å²) < 4.78 is 38.9. The van der Waals surface area contributed by atoms with Crippen molar-refractivity contribution in [2.45, 2.75) is 18.8 Å². The smallest absolute Gasteiger partial charge is 0.350 e. The second-order valence-corrected chi connectivity index (χ2v) is 9.83. The van der Waals surface area contributed by atoms with Crippen LogP contribution in [0.1, 0.15) is 33.1 Å². The first kappa shape index (κ1) is 30.6. The molecule has 11 heteroatoms. The summed E-state index contributed by atoms with van der Waals surface area (Å²) in [5.74, 6) is -1.75. The zero-order valence-corrected chi connectivity index (χ0v) is 23.4. The predicted octanol–water partition coefficient (Wildman–Crippen LogP) is 6.99. The molecule has 0 aliphatic rings. The number of amides is 3. The molecule has 42 heavy (non-hydrogen) atoms. The van der Waals surface area contributed by atoms with Gasteiger partial charge in [-0.25, -0.2) is 0 Å². The number of benzene rings is 4. The SMILES string of the molecule is O=C(CCl)N[C@H](C(=O)NCc1ccc(NC(=O)c2ccccc2-c2ccc(C(F)(F)F)cc2)c(Cl)c1)c1ccccc1. The van der Waals surface area contributed by atoms with Crippen LogP contribution in [0.15, 0.2) is 97.1 Å². The first-order valence-electron chi connectivity index (χ1n) is 12.6. The lowest BCUT2D eigenvalue weighted by Crippen LogP contribution is -2.40.